The monoisotopic (exact) mass is 240 g/mol. The van der Waals surface area contributed by atoms with E-state index in [-0.39, 0.29) is 12.6 Å². The van der Waals surface area contributed by atoms with Crippen molar-refractivity contribution >= 4 is 5.91 Å². The Balaban J connectivity index is 3.79. The zero-order chi connectivity index (χ0) is 12.8. The maximum absolute atomic E-state index is 12.0. The van der Waals surface area contributed by atoms with Gasteiger partial charge in [0.25, 0.3) is 0 Å². The molecule has 0 aliphatic rings. The van der Waals surface area contributed by atoms with Gasteiger partial charge in [-0.2, -0.15) is 13.2 Å². The van der Waals surface area contributed by atoms with Crippen LogP contribution in [0.5, 0.6) is 0 Å². The number of nitrogens with one attached hydrogen (secondary N) is 2. The lowest BCUT2D eigenvalue weighted by atomic mass is 10.2. The van der Waals surface area contributed by atoms with Crippen LogP contribution in [0.3, 0.4) is 0 Å². The molecule has 96 valence electrons. The summed E-state index contributed by atoms with van der Waals surface area (Å²) < 4.78 is 35.9. The summed E-state index contributed by atoms with van der Waals surface area (Å²) in [6, 6.07) is -0.699. The SMILES string of the molecule is CCC(C)NCC(=O)NC(C)CC(F)(F)F. The maximum atomic E-state index is 12.0. The Hall–Kier alpha value is -0.780. The summed E-state index contributed by atoms with van der Waals surface area (Å²) in [4.78, 5) is 11.2. The Labute approximate surface area is 93.8 Å². The Morgan fingerprint density at radius 1 is 1.25 bits per heavy atom. The fraction of sp³-hybridized carbons (Fsp3) is 0.900. The van der Waals surface area contributed by atoms with Crippen LogP contribution in [0.15, 0.2) is 0 Å². The van der Waals surface area contributed by atoms with Gasteiger partial charge >= 0.3 is 6.18 Å². The quantitative estimate of drug-likeness (QED) is 0.743. The molecule has 1 amide bonds. The van der Waals surface area contributed by atoms with Gasteiger partial charge in [-0.1, -0.05) is 6.92 Å². The van der Waals surface area contributed by atoms with E-state index < -0.39 is 24.5 Å². The Kier molecular flexibility index (Phi) is 6.40. The second-order valence-electron chi connectivity index (χ2n) is 3.98. The van der Waals surface area contributed by atoms with Crippen molar-refractivity contribution < 1.29 is 18.0 Å². The van der Waals surface area contributed by atoms with Crippen molar-refractivity contribution in [3.05, 3.63) is 0 Å². The van der Waals surface area contributed by atoms with Gasteiger partial charge in [-0.25, -0.2) is 0 Å². The minimum absolute atomic E-state index is 0.0528. The van der Waals surface area contributed by atoms with Crippen LogP contribution < -0.4 is 10.6 Å². The molecular weight excluding hydrogens is 221 g/mol. The molecule has 0 spiro atoms. The molecule has 0 saturated heterocycles. The third kappa shape index (κ3) is 8.52. The van der Waals surface area contributed by atoms with Crippen LogP contribution >= 0.6 is 0 Å². The zero-order valence-corrected chi connectivity index (χ0v) is 9.82. The van der Waals surface area contributed by atoms with Crippen LogP contribution in [0, 0.1) is 0 Å². The first-order valence-corrected chi connectivity index (χ1v) is 5.34. The van der Waals surface area contributed by atoms with Crippen molar-refractivity contribution in [1.82, 2.24) is 10.6 Å². The fourth-order valence-corrected chi connectivity index (χ4v) is 1.14. The van der Waals surface area contributed by atoms with Crippen molar-refractivity contribution in [1.29, 1.82) is 0 Å². The van der Waals surface area contributed by atoms with Gasteiger partial charge < -0.3 is 10.6 Å². The minimum Gasteiger partial charge on any atom is -0.352 e. The molecule has 0 radical (unpaired) electrons. The highest BCUT2D eigenvalue weighted by atomic mass is 19.4. The van der Waals surface area contributed by atoms with Crippen LogP contribution in [0.2, 0.25) is 0 Å². The lowest BCUT2D eigenvalue weighted by Gasteiger charge is -2.17. The number of alkyl halides is 3. The molecule has 0 rings (SSSR count). The van der Waals surface area contributed by atoms with Gasteiger partial charge in [-0.15, -0.1) is 0 Å². The molecule has 16 heavy (non-hydrogen) atoms. The van der Waals surface area contributed by atoms with Crippen LogP contribution in [-0.2, 0) is 4.79 Å². The van der Waals surface area contributed by atoms with E-state index in [0.717, 1.165) is 6.42 Å². The van der Waals surface area contributed by atoms with Crippen LogP contribution in [0.1, 0.15) is 33.6 Å². The molecular formula is C10H19F3N2O. The summed E-state index contributed by atoms with van der Waals surface area (Å²) in [5.74, 6) is -0.406. The average Bonchev–Trinajstić information content (AvgIpc) is 2.10. The smallest absolute Gasteiger partial charge is 0.352 e. The van der Waals surface area contributed by atoms with Crippen molar-refractivity contribution in [3.63, 3.8) is 0 Å². The lowest BCUT2D eigenvalue weighted by molar-refractivity contribution is -0.141. The first-order chi connectivity index (χ1) is 7.24. The summed E-state index contributed by atoms with van der Waals surface area (Å²) in [5.41, 5.74) is 0. The Morgan fingerprint density at radius 2 is 1.81 bits per heavy atom. The van der Waals surface area contributed by atoms with Gasteiger partial charge in [-0.3, -0.25) is 4.79 Å². The molecule has 0 aromatic rings. The predicted molar refractivity (Wildman–Crippen MR) is 56.0 cm³/mol. The molecule has 3 nitrogen and oxygen atoms in total. The molecule has 0 heterocycles. The normalized spacial score (nSPS) is 15.6. The van der Waals surface area contributed by atoms with Gasteiger partial charge in [0, 0.05) is 12.1 Å². The summed E-state index contributed by atoms with van der Waals surface area (Å²) in [6.45, 7) is 5.26. The highest BCUT2D eigenvalue weighted by Crippen LogP contribution is 2.21. The third-order valence-electron chi connectivity index (χ3n) is 2.17. The second kappa shape index (κ2) is 6.73. The Morgan fingerprint density at radius 3 is 2.25 bits per heavy atom. The molecule has 0 saturated carbocycles. The van der Waals surface area contributed by atoms with Gasteiger partial charge in [0.2, 0.25) is 5.91 Å². The van der Waals surface area contributed by atoms with E-state index in [2.05, 4.69) is 10.6 Å². The number of carbonyl (C=O) groups is 1. The Bertz CT molecular complexity index is 219. The van der Waals surface area contributed by atoms with Crippen molar-refractivity contribution in [2.24, 2.45) is 0 Å². The number of hydrogen-bond donors (Lipinski definition) is 2. The van der Waals surface area contributed by atoms with Crippen LogP contribution in [0.25, 0.3) is 0 Å². The van der Waals surface area contributed by atoms with Crippen molar-refractivity contribution in [3.8, 4) is 0 Å². The highest BCUT2D eigenvalue weighted by Gasteiger charge is 2.30. The standard InChI is InChI=1S/C10H19F3N2O/c1-4-7(2)14-6-9(16)15-8(3)5-10(11,12)13/h7-8,14H,4-6H2,1-3H3,(H,15,16). The lowest BCUT2D eigenvalue weighted by Crippen LogP contribution is -2.42. The van der Waals surface area contributed by atoms with Crippen molar-refractivity contribution in [2.75, 3.05) is 6.54 Å². The molecule has 0 aromatic heterocycles. The largest absolute Gasteiger partial charge is 0.391 e. The van der Waals surface area contributed by atoms with E-state index in [9.17, 15) is 18.0 Å². The van der Waals surface area contributed by atoms with E-state index in [1.54, 1.807) is 0 Å². The fourth-order valence-electron chi connectivity index (χ4n) is 1.14. The van der Waals surface area contributed by atoms with E-state index >= 15 is 0 Å². The van der Waals surface area contributed by atoms with Gasteiger partial charge in [0.15, 0.2) is 0 Å². The highest BCUT2D eigenvalue weighted by molar-refractivity contribution is 5.78. The van der Waals surface area contributed by atoms with E-state index in [0.29, 0.717) is 0 Å². The number of carbonyl (C=O) groups excluding carboxylic acids is 1. The third-order valence-corrected chi connectivity index (χ3v) is 2.17. The summed E-state index contributed by atoms with van der Waals surface area (Å²) in [6.07, 6.45) is -4.37. The summed E-state index contributed by atoms with van der Waals surface area (Å²) in [7, 11) is 0. The number of amides is 1. The maximum Gasteiger partial charge on any atom is 0.391 e. The number of rotatable bonds is 6. The van der Waals surface area contributed by atoms with Crippen molar-refractivity contribution in [2.45, 2.75) is 51.9 Å². The molecule has 2 N–H and O–H groups in total. The van der Waals surface area contributed by atoms with Gasteiger partial charge in [0.1, 0.15) is 0 Å². The minimum atomic E-state index is -4.24. The van der Waals surface area contributed by atoms with E-state index in [1.165, 1.54) is 6.92 Å². The molecule has 0 aliphatic carbocycles. The first-order valence-electron chi connectivity index (χ1n) is 5.34. The summed E-state index contributed by atoms with van der Waals surface area (Å²) >= 11 is 0. The molecule has 0 bridgehead atoms. The number of halogens is 3. The molecule has 2 atom stereocenters. The topological polar surface area (TPSA) is 41.1 Å². The molecule has 2 unspecified atom stereocenters. The predicted octanol–water partition coefficient (Wildman–Crippen LogP) is 1.83. The van der Waals surface area contributed by atoms with Gasteiger partial charge in [-0.05, 0) is 20.3 Å². The molecule has 0 fully saturated rings. The molecule has 0 aromatic carbocycles. The van der Waals surface area contributed by atoms with Crippen LogP contribution in [-0.4, -0.2) is 30.7 Å². The average molecular weight is 240 g/mol. The first kappa shape index (κ1) is 15.2. The summed E-state index contributed by atoms with van der Waals surface area (Å²) in [5, 5.41) is 5.20. The van der Waals surface area contributed by atoms with Gasteiger partial charge in [0.05, 0.1) is 13.0 Å². The molecule has 0 aliphatic heterocycles. The number of hydrogen-bond acceptors (Lipinski definition) is 2. The van der Waals surface area contributed by atoms with E-state index in [1.807, 2.05) is 13.8 Å². The van der Waals surface area contributed by atoms with Crippen LogP contribution in [0.4, 0.5) is 13.2 Å². The van der Waals surface area contributed by atoms with E-state index in [4.69, 9.17) is 0 Å². The molecule has 6 heteroatoms. The second-order valence-corrected chi connectivity index (χ2v) is 3.98. The zero-order valence-electron chi connectivity index (χ0n) is 9.82.